The van der Waals surface area contributed by atoms with Crippen molar-refractivity contribution in [2.24, 2.45) is 4.99 Å². The van der Waals surface area contributed by atoms with E-state index in [1.54, 1.807) is 31.2 Å². The van der Waals surface area contributed by atoms with Crippen LogP contribution in [0.15, 0.2) is 35.5 Å². The molecule has 1 atom stereocenters. The van der Waals surface area contributed by atoms with Gasteiger partial charge in [-0.25, -0.2) is 14.4 Å². The molecule has 0 aliphatic carbocycles. The molecular weight excluding hydrogens is 337 g/mol. The van der Waals surface area contributed by atoms with Crippen molar-refractivity contribution in [1.82, 2.24) is 9.97 Å². The fraction of sp³-hybridized carbons (Fsp3) is 0.278. The lowest BCUT2D eigenvalue weighted by Crippen LogP contribution is -2.37. The first-order valence-corrected chi connectivity index (χ1v) is 7.91. The van der Waals surface area contributed by atoms with Crippen LogP contribution in [0.25, 0.3) is 0 Å². The number of aliphatic imine (C=N–C) groups is 1. The number of hydrogen-bond donors (Lipinski definition) is 1. The van der Waals surface area contributed by atoms with E-state index in [0.717, 1.165) is 0 Å². The highest BCUT2D eigenvalue weighted by Gasteiger charge is 2.35. The standard InChI is InChI=1S/C18H16FN5O2/c1-12-7-13(8-20)9-21-16(12)17(25)24-15-4-2-3-14(23-15)18(10-19)11-26-6-5-22-18/h2-5,7,9H,6,10-11H2,1H3,(H,23,24,25). The predicted octanol–water partition coefficient (Wildman–Crippen LogP) is 2.17. The number of nitrogens with zero attached hydrogens (tertiary/aromatic N) is 4. The van der Waals surface area contributed by atoms with Gasteiger partial charge in [0.2, 0.25) is 0 Å². The number of aryl methyl sites for hydroxylation is 1. The molecule has 0 fully saturated rings. The predicted molar refractivity (Wildman–Crippen MR) is 92.8 cm³/mol. The minimum absolute atomic E-state index is 0.0840. The number of nitriles is 1. The van der Waals surface area contributed by atoms with Crippen molar-refractivity contribution in [1.29, 1.82) is 5.26 Å². The van der Waals surface area contributed by atoms with E-state index in [1.165, 1.54) is 12.4 Å². The number of nitrogens with one attached hydrogen (secondary N) is 1. The second kappa shape index (κ2) is 7.37. The summed E-state index contributed by atoms with van der Waals surface area (Å²) in [5, 5.41) is 11.5. The largest absolute Gasteiger partial charge is 0.373 e. The van der Waals surface area contributed by atoms with E-state index in [2.05, 4.69) is 20.3 Å². The monoisotopic (exact) mass is 353 g/mol. The molecule has 1 unspecified atom stereocenters. The normalized spacial score (nSPS) is 19.0. The minimum Gasteiger partial charge on any atom is -0.373 e. The molecule has 7 nitrogen and oxygen atoms in total. The summed E-state index contributed by atoms with van der Waals surface area (Å²) in [6.45, 7) is 1.35. The maximum absolute atomic E-state index is 13.6. The second-order valence-corrected chi connectivity index (χ2v) is 5.86. The molecule has 2 aromatic rings. The molecule has 3 rings (SSSR count). The minimum atomic E-state index is -1.19. The fourth-order valence-electron chi connectivity index (χ4n) is 2.62. The van der Waals surface area contributed by atoms with Crippen molar-refractivity contribution < 1.29 is 13.9 Å². The van der Waals surface area contributed by atoms with Gasteiger partial charge in [0.25, 0.3) is 5.91 Å². The summed E-state index contributed by atoms with van der Waals surface area (Å²) in [6, 6.07) is 8.46. The molecular formula is C18H16FN5O2. The summed E-state index contributed by atoms with van der Waals surface area (Å²) < 4.78 is 19.0. The molecule has 26 heavy (non-hydrogen) atoms. The molecule has 0 bridgehead atoms. The summed E-state index contributed by atoms with van der Waals surface area (Å²) in [5.74, 6) is -0.207. The zero-order chi connectivity index (χ0) is 18.6. The Balaban J connectivity index is 1.85. The van der Waals surface area contributed by atoms with Gasteiger partial charge in [0.15, 0.2) is 5.54 Å². The van der Waals surface area contributed by atoms with Gasteiger partial charge in [0.05, 0.1) is 24.5 Å². The molecule has 0 aromatic carbocycles. The fourth-order valence-corrected chi connectivity index (χ4v) is 2.62. The molecule has 0 spiro atoms. The Morgan fingerprint density at radius 3 is 3.00 bits per heavy atom. The van der Waals surface area contributed by atoms with Crippen molar-refractivity contribution in [2.75, 3.05) is 25.2 Å². The Hall–Kier alpha value is -3.18. The van der Waals surface area contributed by atoms with Gasteiger partial charge in [-0.05, 0) is 30.7 Å². The van der Waals surface area contributed by atoms with Crippen LogP contribution in [0.1, 0.15) is 27.3 Å². The lowest BCUT2D eigenvalue weighted by atomic mass is 9.97. The average Bonchev–Trinajstić information content (AvgIpc) is 2.68. The van der Waals surface area contributed by atoms with E-state index in [4.69, 9.17) is 10.00 Å². The van der Waals surface area contributed by atoms with Crippen LogP contribution in [0.4, 0.5) is 10.2 Å². The number of pyridine rings is 2. The van der Waals surface area contributed by atoms with Crippen molar-refractivity contribution in [3.8, 4) is 6.07 Å². The van der Waals surface area contributed by atoms with E-state index in [1.807, 2.05) is 6.07 Å². The smallest absolute Gasteiger partial charge is 0.275 e. The number of ether oxygens (including phenoxy) is 1. The average molecular weight is 353 g/mol. The summed E-state index contributed by atoms with van der Waals surface area (Å²) in [6.07, 6.45) is 2.85. The zero-order valence-corrected chi connectivity index (χ0v) is 14.1. The molecule has 1 aliphatic rings. The number of rotatable bonds is 4. The Morgan fingerprint density at radius 1 is 1.50 bits per heavy atom. The van der Waals surface area contributed by atoms with Gasteiger partial charge in [0.1, 0.15) is 24.3 Å². The van der Waals surface area contributed by atoms with Gasteiger partial charge in [-0.3, -0.25) is 9.79 Å². The van der Waals surface area contributed by atoms with Gasteiger partial charge in [-0.1, -0.05) is 6.07 Å². The Morgan fingerprint density at radius 2 is 2.35 bits per heavy atom. The topological polar surface area (TPSA) is 100 Å². The van der Waals surface area contributed by atoms with Gasteiger partial charge in [-0.2, -0.15) is 5.26 Å². The number of halogens is 1. The molecule has 0 saturated carbocycles. The van der Waals surface area contributed by atoms with Gasteiger partial charge >= 0.3 is 0 Å². The Bertz CT molecular complexity index is 909. The van der Waals surface area contributed by atoms with Crippen LogP contribution >= 0.6 is 0 Å². The van der Waals surface area contributed by atoms with Gasteiger partial charge in [0, 0.05) is 12.4 Å². The number of carbonyl (C=O) groups excluding carboxylic acids is 1. The first-order valence-electron chi connectivity index (χ1n) is 7.91. The van der Waals surface area contributed by atoms with Gasteiger partial charge in [-0.15, -0.1) is 0 Å². The van der Waals surface area contributed by atoms with E-state index < -0.39 is 18.1 Å². The highest BCUT2D eigenvalue weighted by Crippen LogP contribution is 2.28. The number of carbonyl (C=O) groups is 1. The highest BCUT2D eigenvalue weighted by atomic mass is 19.1. The molecule has 1 N–H and O–H groups in total. The number of amides is 1. The maximum Gasteiger partial charge on any atom is 0.275 e. The number of hydrogen-bond acceptors (Lipinski definition) is 6. The second-order valence-electron chi connectivity index (χ2n) is 5.86. The summed E-state index contributed by atoms with van der Waals surface area (Å²) in [7, 11) is 0. The summed E-state index contributed by atoms with van der Waals surface area (Å²) in [4.78, 5) is 25.0. The molecule has 3 heterocycles. The SMILES string of the molecule is Cc1cc(C#N)cnc1C(=O)Nc1cccc(C2(CF)COCC=N2)n1. The first kappa shape index (κ1) is 17.6. The lowest BCUT2D eigenvalue weighted by Gasteiger charge is -2.28. The lowest BCUT2D eigenvalue weighted by molar-refractivity contribution is 0.0843. The van der Waals surface area contributed by atoms with Gasteiger partial charge < -0.3 is 10.1 Å². The van der Waals surface area contributed by atoms with Crippen molar-refractivity contribution in [2.45, 2.75) is 12.5 Å². The summed E-state index contributed by atoms with van der Waals surface area (Å²) >= 11 is 0. The third-order valence-electron chi connectivity index (χ3n) is 3.98. The number of anilines is 1. The first-order chi connectivity index (χ1) is 12.6. The van der Waals surface area contributed by atoms with E-state index in [0.29, 0.717) is 23.4 Å². The Kier molecular flexibility index (Phi) is 5.00. The molecule has 1 amide bonds. The molecule has 132 valence electrons. The van der Waals surface area contributed by atoms with Crippen LogP contribution in [0, 0.1) is 18.3 Å². The van der Waals surface area contributed by atoms with Crippen LogP contribution < -0.4 is 5.32 Å². The van der Waals surface area contributed by atoms with E-state index >= 15 is 0 Å². The molecule has 1 aliphatic heterocycles. The van der Waals surface area contributed by atoms with Crippen LogP contribution in [-0.4, -0.2) is 42.0 Å². The Labute approximate surface area is 149 Å². The maximum atomic E-state index is 13.6. The molecule has 0 saturated heterocycles. The zero-order valence-electron chi connectivity index (χ0n) is 14.1. The van der Waals surface area contributed by atoms with Crippen LogP contribution in [0.2, 0.25) is 0 Å². The molecule has 2 aromatic heterocycles. The summed E-state index contributed by atoms with van der Waals surface area (Å²) in [5.41, 5.74) is 0.317. The molecule has 0 radical (unpaired) electrons. The van der Waals surface area contributed by atoms with E-state index in [9.17, 15) is 9.18 Å². The number of alkyl halides is 1. The third-order valence-corrected chi connectivity index (χ3v) is 3.98. The van der Waals surface area contributed by atoms with E-state index in [-0.39, 0.29) is 18.1 Å². The third kappa shape index (κ3) is 3.43. The van der Waals surface area contributed by atoms with Crippen molar-refractivity contribution in [3.63, 3.8) is 0 Å². The quantitative estimate of drug-likeness (QED) is 0.908. The highest BCUT2D eigenvalue weighted by molar-refractivity contribution is 6.03. The number of aromatic nitrogens is 2. The molecule has 8 heteroatoms. The van der Waals surface area contributed by atoms with Crippen molar-refractivity contribution in [3.05, 3.63) is 53.0 Å². The van der Waals surface area contributed by atoms with Crippen LogP contribution in [0.5, 0.6) is 0 Å². The van der Waals surface area contributed by atoms with Crippen LogP contribution in [0.3, 0.4) is 0 Å². The van der Waals surface area contributed by atoms with Crippen molar-refractivity contribution >= 4 is 17.9 Å². The van der Waals surface area contributed by atoms with Crippen LogP contribution in [-0.2, 0) is 10.3 Å².